The van der Waals surface area contributed by atoms with Crippen LogP contribution >= 0.6 is 0 Å². The molecule has 1 aromatic rings. The van der Waals surface area contributed by atoms with E-state index in [1.54, 1.807) is 0 Å². The van der Waals surface area contributed by atoms with Gasteiger partial charge in [-0.3, -0.25) is 9.89 Å². The number of likely N-dealkylation sites (tertiary alicyclic amines) is 1. The maximum atomic E-state index is 12.4. The Morgan fingerprint density at radius 3 is 2.71 bits per heavy atom. The number of amides is 1. The van der Waals surface area contributed by atoms with Gasteiger partial charge in [-0.05, 0) is 31.2 Å². The highest BCUT2D eigenvalue weighted by Crippen LogP contribution is 2.29. The molecule has 0 radical (unpaired) electrons. The van der Waals surface area contributed by atoms with Crippen molar-refractivity contribution in [2.24, 2.45) is 5.92 Å². The molecule has 0 spiro atoms. The predicted octanol–water partition coefficient (Wildman–Crippen LogP) is 2.28. The molecule has 5 heteroatoms. The van der Waals surface area contributed by atoms with E-state index >= 15 is 0 Å². The summed E-state index contributed by atoms with van der Waals surface area (Å²) in [5.41, 5.74) is 2.36. The Kier molecular flexibility index (Phi) is 4.29. The van der Waals surface area contributed by atoms with E-state index in [4.69, 9.17) is 4.74 Å². The molecule has 3 rings (SSSR count). The molecule has 3 heterocycles. The van der Waals surface area contributed by atoms with Crippen LogP contribution in [0.3, 0.4) is 0 Å². The molecule has 116 valence electrons. The molecule has 2 fully saturated rings. The molecule has 2 saturated heterocycles. The zero-order valence-corrected chi connectivity index (χ0v) is 13.0. The van der Waals surface area contributed by atoms with E-state index in [0.29, 0.717) is 24.3 Å². The van der Waals surface area contributed by atoms with Crippen LogP contribution in [-0.4, -0.2) is 47.3 Å². The van der Waals surface area contributed by atoms with E-state index in [2.05, 4.69) is 30.1 Å². The lowest BCUT2D eigenvalue weighted by Crippen LogP contribution is -2.41. The molecule has 1 atom stereocenters. The number of piperidine rings is 1. The van der Waals surface area contributed by atoms with E-state index in [9.17, 15) is 4.79 Å². The number of carbonyl (C=O) groups excluding carboxylic acids is 1. The lowest BCUT2D eigenvalue weighted by molar-refractivity contribution is -0.136. The highest BCUT2D eigenvalue weighted by molar-refractivity contribution is 5.79. The van der Waals surface area contributed by atoms with Crippen LogP contribution in [0.25, 0.3) is 0 Å². The van der Waals surface area contributed by atoms with Crippen molar-refractivity contribution in [3.05, 3.63) is 17.5 Å². The first kappa shape index (κ1) is 14.6. The normalized spacial score (nSPS) is 24.0. The summed E-state index contributed by atoms with van der Waals surface area (Å²) >= 11 is 0. The number of carbonyl (C=O) groups is 1. The molecule has 0 saturated carbocycles. The van der Waals surface area contributed by atoms with Crippen LogP contribution in [0.1, 0.15) is 56.3 Å². The minimum Gasteiger partial charge on any atom is -0.381 e. The molecular weight excluding hydrogens is 266 g/mol. The predicted molar refractivity (Wildman–Crippen MR) is 80.2 cm³/mol. The Balaban J connectivity index is 1.55. The van der Waals surface area contributed by atoms with Gasteiger partial charge >= 0.3 is 0 Å². The van der Waals surface area contributed by atoms with Gasteiger partial charge in [-0.25, -0.2) is 0 Å². The molecular formula is C16H25N3O2. The van der Waals surface area contributed by atoms with E-state index in [1.807, 2.05) is 4.90 Å². The third-order valence-electron chi connectivity index (χ3n) is 4.73. The van der Waals surface area contributed by atoms with Crippen molar-refractivity contribution >= 4 is 5.91 Å². The van der Waals surface area contributed by atoms with Gasteiger partial charge in [-0.15, -0.1) is 0 Å². The third-order valence-corrected chi connectivity index (χ3v) is 4.73. The van der Waals surface area contributed by atoms with Crippen molar-refractivity contribution in [3.8, 4) is 0 Å². The summed E-state index contributed by atoms with van der Waals surface area (Å²) in [5, 5.41) is 7.57. The average Bonchev–Trinajstić information content (AvgIpc) is 3.18. The summed E-state index contributed by atoms with van der Waals surface area (Å²) in [5.74, 6) is 1.35. The number of hydrogen-bond acceptors (Lipinski definition) is 3. The minimum absolute atomic E-state index is 0.0984. The number of nitrogens with one attached hydrogen (secondary N) is 1. The molecule has 2 aliphatic heterocycles. The Labute approximate surface area is 126 Å². The fourth-order valence-corrected chi connectivity index (χ4v) is 3.26. The fourth-order valence-electron chi connectivity index (χ4n) is 3.26. The molecule has 2 aliphatic rings. The molecule has 0 bridgehead atoms. The number of aromatic nitrogens is 2. The smallest absolute Gasteiger partial charge is 0.228 e. The second-order valence-corrected chi connectivity index (χ2v) is 6.56. The van der Waals surface area contributed by atoms with Gasteiger partial charge in [0.05, 0.1) is 18.2 Å². The van der Waals surface area contributed by atoms with Gasteiger partial charge in [0.1, 0.15) is 0 Å². The van der Waals surface area contributed by atoms with Crippen LogP contribution in [0.4, 0.5) is 0 Å². The molecule has 21 heavy (non-hydrogen) atoms. The van der Waals surface area contributed by atoms with Crippen LogP contribution in [-0.2, 0) is 9.53 Å². The zero-order chi connectivity index (χ0) is 14.8. The largest absolute Gasteiger partial charge is 0.381 e. The highest BCUT2D eigenvalue weighted by atomic mass is 16.5. The topological polar surface area (TPSA) is 58.2 Å². The summed E-state index contributed by atoms with van der Waals surface area (Å²) < 4.78 is 5.32. The van der Waals surface area contributed by atoms with Gasteiger partial charge < -0.3 is 9.64 Å². The molecule has 1 amide bonds. The maximum absolute atomic E-state index is 12.4. The Morgan fingerprint density at radius 2 is 2.14 bits per heavy atom. The Morgan fingerprint density at radius 1 is 1.38 bits per heavy atom. The van der Waals surface area contributed by atoms with Crippen LogP contribution in [0.5, 0.6) is 0 Å². The van der Waals surface area contributed by atoms with Crippen LogP contribution < -0.4 is 0 Å². The number of rotatable bonds is 3. The number of hydrogen-bond donors (Lipinski definition) is 1. The van der Waals surface area contributed by atoms with E-state index < -0.39 is 0 Å². The van der Waals surface area contributed by atoms with Gasteiger partial charge in [0.15, 0.2) is 0 Å². The van der Waals surface area contributed by atoms with Gasteiger partial charge in [-0.2, -0.15) is 5.10 Å². The number of nitrogens with zero attached hydrogens (tertiary/aromatic N) is 2. The van der Waals surface area contributed by atoms with Crippen LogP contribution in [0.15, 0.2) is 6.07 Å². The quantitative estimate of drug-likeness (QED) is 0.929. The van der Waals surface area contributed by atoms with E-state index in [0.717, 1.165) is 44.7 Å². The van der Waals surface area contributed by atoms with Crippen LogP contribution in [0, 0.1) is 5.92 Å². The molecule has 5 nitrogen and oxygen atoms in total. The maximum Gasteiger partial charge on any atom is 0.228 e. The summed E-state index contributed by atoms with van der Waals surface area (Å²) in [7, 11) is 0. The van der Waals surface area contributed by atoms with Crippen molar-refractivity contribution in [1.29, 1.82) is 0 Å². The Hall–Kier alpha value is -1.36. The Bertz CT molecular complexity index is 483. The first-order valence-corrected chi connectivity index (χ1v) is 8.07. The van der Waals surface area contributed by atoms with Gasteiger partial charge in [0.25, 0.3) is 0 Å². The zero-order valence-electron chi connectivity index (χ0n) is 13.0. The van der Waals surface area contributed by atoms with Crippen molar-refractivity contribution in [2.45, 2.75) is 44.9 Å². The highest BCUT2D eigenvalue weighted by Gasteiger charge is 2.31. The molecule has 1 N–H and O–H groups in total. The van der Waals surface area contributed by atoms with Gasteiger partial charge in [0, 0.05) is 31.3 Å². The van der Waals surface area contributed by atoms with E-state index in [1.165, 1.54) is 5.69 Å². The van der Waals surface area contributed by atoms with Crippen molar-refractivity contribution in [3.63, 3.8) is 0 Å². The number of aromatic amines is 1. The standard InChI is InChI=1S/C16H25N3O2/c1-11(2)14-9-15(18-17-14)12-3-6-19(7-4-12)16(20)13-5-8-21-10-13/h9,11-13H,3-8,10H2,1-2H3,(H,17,18). The second kappa shape index (κ2) is 6.18. The molecule has 0 aliphatic carbocycles. The number of H-pyrrole nitrogens is 1. The average molecular weight is 291 g/mol. The first-order chi connectivity index (χ1) is 10.1. The minimum atomic E-state index is 0.0984. The van der Waals surface area contributed by atoms with Gasteiger partial charge in [0.2, 0.25) is 5.91 Å². The first-order valence-electron chi connectivity index (χ1n) is 8.07. The number of ether oxygens (including phenoxy) is 1. The second-order valence-electron chi connectivity index (χ2n) is 6.56. The van der Waals surface area contributed by atoms with Gasteiger partial charge in [-0.1, -0.05) is 13.8 Å². The van der Waals surface area contributed by atoms with Crippen molar-refractivity contribution in [2.75, 3.05) is 26.3 Å². The molecule has 1 unspecified atom stereocenters. The summed E-state index contributed by atoms with van der Waals surface area (Å²) in [4.78, 5) is 14.4. The summed E-state index contributed by atoms with van der Waals surface area (Å²) in [6.07, 6.45) is 2.94. The molecule has 0 aromatic carbocycles. The monoisotopic (exact) mass is 291 g/mol. The summed E-state index contributed by atoms with van der Waals surface area (Å²) in [6, 6.07) is 2.19. The fraction of sp³-hybridized carbons (Fsp3) is 0.750. The lowest BCUT2D eigenvalue weighted by Gasteiger charge is -2.32. The third kappa shape index (κ3) is 3.12. The SMILES string of the molecule is CC(C)c1cc(C2CCN(C(=O)C3CCOC3)CC2)[nH]n1. The van der Waals surface area contributed by atoms with Crippen molar-refractivity contribution in [1.82, 2.24) is 15.1 Å². The van der Waals surface area contributed by atoms with Crippen molar-refractivity contribution < 1.29 is 9.53 Å². The van der Waals surface area contributed by atoms with E-state index in [-0.39, 0.29) is 5.92 Å². The summed E-state index contributed by atoms with van der Waals surface area (Å²) in [6.45, 7) is 7.37. The lowest BCUT2D eigenvalue weighted by atomic mass is 9.92. The van der Waals surface area contributed by atoms with Crippen LogP contribution in [0.2, 0.25) is 0 Å². The molecule has 1 aromatic heterocycles.